The summed E-state index contributed by atoms with van der Waals surface area (Å²) in [5.74, 6) is 1.49. The quantitative estimate of drug-likeness (QED) is 0.843. The summed E-state index contributed by atoms with van der Waals surface area (Å²) in [5.41, 5.74) is 3.31. The van der Waals surface area contributed by atoms with Gasteiger partial charge >= 0.3 is 0 Å². The van der Waals surface area contributed by atoms with E-state index in [1.807, 2.05) is 13.1 Å². The fourth-order valence-corrected chi connectivity index (χ4v) is 3.03. The van der Waals surface area contributed by atoms with Crippen molar-refractivity contribution in [2.45, 2.75) is 52.5 Å². The minimum atomic E-state index is -0.0687. The molecule has 2 N–H and O–H groups in total. The molecule has 25 heavy (non-hydrogen) atoms. The summed E-state index contributed by atoms with van der Waals surface area (Å²) >= 11 is 0. The van der Waals surface area contributed by atoms with Crippen LogP contribution < -0.4 is 15.5 Å². The van der Waals surface area contributed by atoms with Crippen LogP contribution in [0.1, 0.15) is 45.6 Å². The first-order chi connectivity index (χ1) is 11.9. The number of nitrogens with one attached hydrogen (secondary N) is 2. The molecule has 1 saturated heterocycles. The van der Waals surface area contributed by atoms with E-state index in [-0.39, 0.29) is 5.54 Å². The van der Waals surface area contributed by atoms with Crippen molar-refractivity contribution in [3.05, 3.63) is 36.0 Å². The standard InChI is InChI=1S/C20H29N5/c1-15-14-21-19(24-20(2,3)4)23-18(15)22-16-9-8-10-17(13-16)25-11-6-5-7-12-25/h8-10,13-14H,5-7,11-12H2,1-4H3,(H2,21,22,23,24). The molecule has 1 fully saturated rings. The number of hydrogen-bond acceptors (Lipinski definition) is 5. The van der Waals surface area contributed by atoms with E-state index in [4.69, 9.17) is 0 Å². The average Bonchev–Trinajstić information content (AvgIpc) is 2.58. The summed E-state index contributed by atoms with van der Waals surface area (Å²) in [6, 6.07) is 8.60. The largest absolute Gasteiger partial charge is 0.371 e. The van der Waals surface area contributed by atoms with E-state index >= 15 is 0 Å². The second kappa shape index (κ2) is 7.30. The predicted octanol–water partition coefficient (Wildman–Crippen LogP) is 4.73. The average molecular weight is 339 g/mol. The van der Waals surface area contributed by atoms with Gasteiger partial charge in [0, 0.05) is 41.8 Å². The van der Waals surface area contributed by atoms with Crippen LogP contribution in [0.3, 0.4) is 0 Å². The molecule has 0 bridgehead atoms. The van der Waals surface area contributed by atoms with Crippen molar-refractivity contribution in [3.63, 3.8) is 0 Å². The highest BCUT2D eigenvalue weighted by atomic mass is 15.2. The maximum absolute atomic E-state index is 4.65. The summed E-state index contributed by atoms with van der Waals surface area (Å²) in [6.07, 6.45) is 5.77. The van der Waals surface area contributed by atoms with Gasteiger partial charge < -0.3 is 15.5 Å². The molecule has 0 radical (unpaired) electrons. The van der Waals surface area contributed by atoms with Gasteiger partial charge in [0.05, 0.1) is 0 Å². The van der Waals surface area contributed by atoms with Gasteiger partial charge in [-0.05, 0) is 65.2 Å². The lowest BCUT2D eigenvalue weighted by Crippen LogP contribution is -2.29. The topological polar surface area (TPSA) is 53.1 Å². The molecule has 0 aliphatic carbocycles. The molecule has 0 unspecified atom stereocenters. The zero-order valence-corrected chi connectivity index (χ0v) is 15.8. The monoisotopic (exact) mass is 339 g/mol. The van der Waals surface area contributed by atoms with E-state index < -0.39 is 0 Å². The third-order valence-electron chi connectivity index (χ3n) is 4.29. The van der Waals surface area contributed by atoms with Gasteiger partial charge in [-0.15, -0.1) is 0 Å². The fraction of sp³-hybridized carbons (Fsp3) is 0.500. The van der Waals surface area contributed by atoms with Crippen LogP contribution in [-0.2, 0) is 0 Å². The molecule has 0 spiro atoms. The van der Waals surface area contributed by atoms with Gasteiger partial charge in [-0.3, -0.25) is 0 Å². The number of piperidine rings is 1. The van der Waals surface area contributed by atoms with E-state index in [9.17, 15) is 0 Å². The first kappa shape index (κ1) is 17.5. The van der Waals surface area contributed by atoms with Crippen molar-refractivity contribution >= 4 is 23.1 Å². The Morgan fingerprint density at radius 2 is 1.84 bits per heavy atom. The van der Waals surface area contributed by atoms with Gasteiger partial charge in [-0.2, -0.15) is 4.98 Å². The Labute approximate surface area is 150 Å². The highest BCUT2D eigenvalue weighted by molar-refractivity contribution is 5.65. The summed E-state index contributed by atoms with van der Waals surface area (Å²) < 4.78 is 0. The van der Waals surface area contributed by atoms with Gasteiger partial charge in [-0.25, -0.2) is 4.98 Å². The predicted molar refractivity (Wildman–Crippen MR) is 106 cm³/mol. The van der Waals surface area contributed by atoms with Crippen molar-refractivity contribution in [1.29, 1.82) is 0 Å². The lowest BCUT2D eigenvalue weighted by molar-refractivity contribution is 0.578. The molecule has 1 aliphatic heterocycles. The number of benzene rings is 1. The number of hydrogen-bond donors (Lipinski definition) is 2. The molecule has 0 atom stereocenters. The maximum Gasteiger partial charge on any atom is 0.225 e. The highest BCUT2D eigenvalue weighted by Gasteiger charge is 2.14. The van der Waals surface area contributed by atoms with Crippen LogP contribution in [-0.4, -0.2) is 28.6 Å². The van der Waals surface area contributed by atoms with Crippen LogP contribution in [0.5, 0.6) is 0 Å². The smallest absolute Gasteiger partial charge is 0.225 e. The Hall–Kier alpha value is -2.30. The molecule has 2 aromatic rings. The second-order valence-electron chi connectivity index (χ2n) is 7.82. The molecule has 134 valence electrons. The minimum Gasteiger partial charge on any atom is -0.371 e. The Kier molecular flexibility index (Phi) is 5.11. The molecule has 3 rings (SSSR count). The summed E-state index contributed by atoms with van der Waals surface area (Å²) in [4.78, 5) is 11.5. The Morgan fingerprint density at radius 1 is 1.08 bits per heavy atom. The zero-order valence-electron chi connectivity index (χ0n) is 15.8. The maximum atomic E-state index is 4.65. The first-order valence-corrected chi connectivity index (χ1v) is 9.15. The van der Waals surface area contributed by atoms with E-state index in [2.05, 4.69) is 70.5 Å². The van der Waals surface area contributed by atoms with Crippen LogP contribution in [0, 0.1) is 6.92 Å². The first-order valence-electron chi connectivity index (χ1n) is 9.15. The Bertz CT molecular complexity index is 714. The van der Waals surface area contributed by atoms with Gasteiger partial charge in [0.1, 0.15) is 5.82 Å². The number of aromatic nitrogens is 2. The number of rotatable bonds is 4. The van der Waals surface area contributed by atoms with Crippen molar-refractivity contribution in [1.82, 2.24) is 9.97 Å². The van der Waals surface area contributed by atoms with Crippen molar-refractivity contribution in [3.8, 4) is 0 Å². The van der Waals surface area contributed by atoms with Crippen LogP contribution in [0.2, 0.25) is 0 Å². The van der Waals surface area contributed by atoms with Gasteiger partial charge in [0.25, 0.3) is 0 Å². The molecule has 0 saturated carbocycles. The fourth-order valence-electron chi connectivity index (χ4n) is 3.03. The van der Waals surface area contributed by atoms with Gasteiger partial charge in [0.15, 0.2) is 0 Å². The molecular weight excluding hydrogens is 310 g/mol. The second-order valence-corrected chi connectivity index (χ2v) is 7.82. The van der Waals surface area contributed by atoms with Crippen LogP contribution in [0.4, 0.5) is 23.1 Å². The molecule has 2 heterocycles. The van der Waals surface area contributed by atoms with Gasteiger partial charge in [0.2, 0.25) is 5.95 Å². The normalized spacial score (nSPS) is 15.1. The Morgan fingerprint density at radius 3 is 2.56 bits per heavy atom. The third-order valence-corrected chi connectivity index (χ3v) is 4.29. The lowest BCUT2D eigenvalue weighted by atomic mass is 10.1. The molecular formula is C20H29N5. The third kappa shape index (κ3) is 4.84. The van der Waals surface area contributed by atoms with Crippen molar-refractivity contribution in [2.75, 3.05) is 28.6 Å². The van der Waals surface area contributed by atoms with Gasteiger partial charge in [-0.1, -0.05) is 6.07 Å². The number of anilines is 4. The van der Waals surface area contributed by atoms with Crippen LogP contribution in [0.15, 0.2) is 30.5 Å². The zero-order chi connectivity index (χ0) is 17.9. The highest BCUT2D eigenvalue weighted by Crippen LogP contribution is 2.26. The number of aryl methyl sites for hydroxylation is 1. The minimum absolute atomic E-state index is 0.0687. The van der Waals surface area contributed by atoms with E-state index in [0.717, 1.165) is 30.2 Å². The molecule has 1 aromatic carbocycles. The van der Waals surface area contributed by atoms with E-state index in [1.165, 1.54) is 24.9 Å². The summed E-state index contributed by atoms with van der Waals surface area (Å²) in [6.45, 7) is 10.6. The molecule has 5 heteroatoms. The SMILES string of the molecule is Cc1cnc(NC(C)(C)C)nc1Nc1cccc(N2CCCCC2)c1. The van der Waals surface area contributed by atoms with Crippen molar-refractivity contribution in [2.24, 2.45) is 0 Å². The summed E-state index contributed by atoms with van der Waals surface area (Å²) in [5, 5.41) is 6.79. The van der Waals surface area contributed by atoms with E-state index in [0.29, 0.717) is 5.95 Å². The van der Waals surface area contributed by atoms with Crippen LogP contribution in [0.25, 0.3) is 0 Å². The summed E-state index contributed by atoms with van der Waals surface area (Å²) in [7, 11) is 0. The lowest BCUT2D eigenvalue weighted by Gasteiger charge is -2.29. The van der Waals surface area contributed by atoms with Crippen LogP contribution >= 0.6 is 0 Å². The molecule has 0 amide bonds. The molecule has 1 aliphatic rings. The molecule has 1 aromatic heterocycles. The Balaban J connectivity index is 1.78. The molecule has 5 nitrogen and oxygen atoms in total. The van der Waals surface area contributed by atoms with Crippen molar-refractivity contribution < 1.29 is 0 Å². The number of nitrogens with zero attached hydrogens (tertiary/aromatic N) is 3. The van der Waals surface area contributed by atoms with E-state index in [1.54, 1.807) is 0 Å².